The molecule has 0 saturated carbocycles. The van der Waals surface area contributed by atoms with Crippen molar-refractivity contribution in [2.75, 3.05) is 5.32 Å². The number of thiazole rings is 1. The zero-order valence-corrected chi connectivity index (χ0v) is 15.0. The van der Waals surface area contributed by atoms with Gasteiger partial charge < -0.3 is 10.1 Å². The van der Waals surface area contributed by atoms with Crippen molar-refractivity contribution in [2.45, 2.75) is 39.8 Å². The number of ether oxygens (including phenoxy) is 1. The summed E-state index contributed by atoms with van der Waals surface area (Å²) in [6.07, 6.45) is 1.24. The number of benzene rings is 1. The molecule has 0 spiro atoms. The standard InChI is InChI=1S/C17H21N3O3S/c1-11-9-18-15(24-11)20-14(21)13-7-5-12(6-8-13)10-19-16(22)23-17(2,3)4/h5-9H,10H2,1-4H3,(H,19,22)(H,18,20,21). The SMILES string of the molecule is Cc1cnc(NC(=O)c2ccc(CNC(=O)OC(C)(C)C)cc2)s1. The third-order valence-electron chi connectivity index (χ3n) is 2.89. The van der Waals surface area contributed by atoms with Crippen LogP contribution in [0.25, 0.3) is 0 Å². The van der Waals surface area contributed by atoms with Crippen molar-refractivity contribution in [1.82, 2.24) is 10.3 Å². The van der Waals surface area contributed by atoms with E-state index in [9.17, 15) is 9.59 Å². The molecule has 7 heteroatoms. The first kappa shape index (κ1) is 17.9. The van der Waals surface area contributed by atoms with Gasteiger partial charge in [0.2, 0.25) is 0 Å². The van der Waals surface area contributed by atoms with Crippen LogP contribution in [-0.2, 0) is 11.3 Å². The van der Waals surface area contributed by atoms with Crippen LogP contribution in [0.4, 0.5) is 9.93 Å². The number of hydrogen-bond acceptors (Lipinski definition) is 5. The van der Waals surface area contributed by atoms with Crippen molar-refractivity contribution < 1.29 is 14.3 Å². The molecular weight excluding hydrogens is 326 g/mol. The summed E-state index contributed by atoms with van der Waals surface area (Å²) >= 11 is 1.43. The van der Waals surface area contributed by atoms with Crippen molar-refractivity contribution in [1.29, 1.82) is 0 Å². The average molecular weight is 347 g/mol. The fraction of sp³-hybridized carbons (Fsp3) is 0.353. The van der Waals surface area contributed by atoms with Gasteiger partial charge in [0.05, 0.1) is 0 Å². The van der Waals surface area contributed by atoms with Gasteiger partial charge in [-0.1, -0.05) is 12.1 Å². The minimum absolute atomic E-state index is 0.212. The van der Waals surface area contributed by atoms with Gasteiger partial charge in [0.25, 0.3) is 5.91 Å². The number of aryl methyl sites for hydroxylation is 1. The smallest absolute Gasteiger partial charge is 0.407 e. The van der Waals surface area contributed by atoms with E-state index >= 15 is 0 Å². The molecule has 0 radical (unpaired) electrons. The maximum atomic E-state index is 12.1. The first-order valence-electron chi connectivity index (χ1n) is 7.52. The Bertz CT molecular complexity index is 717. The molecule has 0 aliphatic heterocycles. The number of nitrogens with zero attached hydrogens (tertiary/aromatic N) is 1. The molecule has 1 aromatic heterocycles. The number of anilines is 1. The van der Waals surface area contributed by atoms with Crippen molar-refractivity contribution in [3.8, 4) is 0 Å². The van der Waals surface area contributed by atoms with Gasteiger partial charge in [-0.15, -0.1) is 11.3 Å². The van der Waals surface area contributed by atoms with Crippen LogP contribution in [0.2, 0.25) is 0 Å². The highest BCUT2D eigenvalue weighted by molar-refractivity contribution is 7.15. The Kier molecular flexibility index (Phi) is 5.56. The van der Waals surface area contributed by atoms with Crippen LogP contribution in [-0.4, -0.2) is 22.6 Å². The number of carbonyl (C=O) groups excluding carboxylic acids is 2. The molecule has 1 heterocycles. The van der Waals surface area contributed by atoms with Crippen LogP contribution in [0, 0.1) is 6.92 Å². The molecule has 0 saturated heterocycles. The predicted molar refractivity (Wildman–Crippen MR) is 94.3 cm³/mol. The van der Waals surface area contributed by atoms with E-state index in [1.165, 1.54) is 11.3 Å². The zero-order valence-electron chi connectivity index (χ0n) is 14.2. The lowest BCUT2D eigenvalue weighted by Gasteiger charge is -2.19. The second kappa shape index (κ2) is 7.44. The lowest BCUT2D eigenvalue weighted by atomic mass is 10.1. The summed E-state index contributed by atoms with van der Waals surface area (Å²) in [4.78, 5) is 28.9. The van der Waals surface area contributed by atoms with Crippen LogP contribution in [0.5, 0.6) is 0 Å². The molecule has 0 atom stereocenters. The average Bonchev–Trinajstić information content (AvgIpc) is 2.89. The molecule has 0 bridgehead atoms. The molecule has 0 aliphatic carbocycles. The zero-order chi connectivity index (χ0) is 17.7. The summed E-state index contributed by atoms with van der Waals surface area (Å²) < 4.78 is 5.17. The van der Waals surface area contributed by atoms with Gasteiger partial charge in [0.15, 0.2) is 5.13 Å². The molecule has 2 rings (SSSR count). The largest absolute Gasteiger partial charge is 0.444 e. The normalized spacial score (nSPS) is 11.0. The highest BCUT2D eigenvalue weighted by atomic mass is 32.1. The van der Waals surface area contributed by atoms with Crippen molar-refractivity contribution in [3.05, 3.63) is 46.5 Å². The number of rotatable bonds is 4. The lowest BCUT2D eigenvalue weighted by molar-refractivity contribution is 0.0523. The Morgan fingerprint density at radius 2 is 1.88 bits per heavy atom. The van der Waals surface area contributed by atoms with Gasteiger partial charge >= 0.3 is 6.09 Å². The summed E-state index contributed by atoms with van der Waals surface area (Å²) in [5.74, 6) is -0.212. The molecule has 6 nitrogen and oxygen atoms in total. The van der Waals surface area contributed by atoms with Gasteiger partial charge in [0.1, 0.15) is 5.60 Å². The van der Waals surface area contributed by atoms with Gasteiger partial charge in [-0.05, 0) is 45.4 Å². The number of amides is 2. The molecule has 0 unspecified atom stereocenters. The van der Waals surface area contributed by atoms with E-state index in [-0.39, 0.29) is 5.91 Å². The highest BCUT2D eigenvalue weighted by Crippen LogP contribution is 2.17. The van der Waals surface area contributed by atoms with Crippen molar-refractivity contribution in [3.63, 3.8) is 0 Å². The molecule has 2 amide bonds. The number of nitrogens with one attached hydrogen (secondary N) is 2. The molecular formula is C17H21N3O3S. The Morgan fingerprint density at radius 1 is 1.21 bits per heavy atom. The summed E-state index contributed by atoms with van der Waals surface area (Å²) in [7, 11) is 0. The third kappa shape index (κ3) is 5.66. The highest BCUT2D eigenvalue weighted by Gasteiger charge is 2.15. The molecule has 2 N–H and O–H groups in total. The Balaban J connectivity index is 1.88. The molecule has 128 valence electrons. The topological polar surface area (TPSA) is 80.3 Å². The van der Waals surface area contributed by atoms with E-state index in [0.29, 0.717) is 17.2 Å². The van der Waals surface area contributed by atoms with Crippen LogP contribution in [0.1, 0.15) is 41.6 Å². The van der Waals surface area contributed by atoms with Crippen LogP contribution < -0.4 is 10.6 Å². The first-order chi connectivity index (χ1) is 11.2. The lowest BCUT2D eigenvalue weighted by Crippen LogP contribution is -2.32. The number of alkyl carbamates (subject to hydrolysis) is 1. The van der Waals surface area contributed by atoms with E-state index in [1.54, 1.807) is 30.5 Å². The number of hydrogen-bond donors (Lipinski definition) is 2. The first-order valence-corrected chi connectivity index (χ1v) is 8.34. The summed E-state index contributed by atoms with van der Waals surface area (Å²) in [6, 6.07) is 7.00. The van der Waals surface area contributed by atoms with E-state index in [2.05, 4.69) is 15.6 Å². The number of aromatic nitrogens is 1. The quantitative estimate of drug-likeness (QED) is 0.883. The van der Waals surface area contributed by atoms with Gasteiger partial charge in [-0.3, -0.25) is 10.1 Å². The minimum Gasteiger partial charge on any atom is -0.444 e. The summed E-state index contributed by atoms with van der Waals surface area (Å²) in [5.41, 5.74) is 0.881. The monoisotopic (exact) mass is 347 g/mol. The van der Waals surface area contributed by atoms with Crippen LogP contribution >= 0.6 is 11.3 Å². The van der Waals surface area contributed by atoms with Crippen LogP contribution in [0.15, 0.2) is 30.5 Å². The van der Waals surface area contributed by atoms with Crippen LogP contribution in [0.3, 0.4) is 0 Å². The molecule has 0 aliphatic rings. The second-order valence-electron chi connectivity index (χ2n) is 6.28. The van der Waals surface area contributed by atoms with E-state index in [4.69, 9.17) is 4.74 Å². The second-order valence-corrected chi connectivity index (χ2v) is 7.52. The predicted octanol–water partition coefficient (Wildman–Crippen LogP) is 3.73. The van der Waals surface area contributed by atoms with Gasteiger partial charge in [-0.25, -0.2) is 9.78 Å². The Labute approximate surface area is 145 Å². The van der Waals surface area contributed by atoms with Crippen molar-refractivity contribution in [2.24, 2.45) is 0 Å². The Hall–Kier alpha value is -2.41. The molecule has 1 aromatic carbocycles. The molecule has 0 fully saturated rings. The summed E-state index contributed by atoms with van der Waals surface area (Å²) in [5, 5.41) is 6.01. The van der Waals surface area contributed by atoms with E-state index < -0.39 is 11.7 Å². The number of carbonyl (C=O) groups is 2. The Morgan fingerprint density at radius 3 is 2.42 bits per heavy atom. The maximum absolute atomic E-state index is 12.1. The van der Waals surface area contributed by atoms with E-state index in [0.717, 1.165) is 10.4 Å². The van der Waals surface area contributed by atoms with Gasteiger partial charge in [-0.2, -0.15) is 0 Å². The molecule has 24 heavy (non-hydrogen) atoms. The minimum atomic E-state index is -0.528. The fourth-order valence-electron chi connectivity index (χ4n) is 1.84. The van der Waals surface area contributed by atoms with Gasteiger partial charge in [0, 0.05) is 23.2 Å². The van der Waals surface area contributed by atoms with Crippen molar-refractivity contribution >= 4 is 28.5 Å². The fourth-order valence-corrected chi connectivity index (χ4v) is 2.50. The summed E-state index contributed by atoms with van der Waals surface area (Å²) in [6.45, 7) is 7.69. The third-order valence-corrected chi connectivity index (χ3v) is 3.72. The van der Waals surface area contributed by atoms with E-state index in [1.807, 2.05) is 27.7 Å². The molecule has 2 aromatic rings. The maximum Gasteiger partial charge on any atom is 0.407 e.